The second-order valence-electron chi connectivity index (χ2n) is 6.37. The van der Waals surface area contributed by atoms with Gasteiger partial charge in [-0.05, 0) is 49.4 Å². The molecule has 1 saturated carbocycles. The second-order valence-corrected chi connectivity index (χ2v) is 6.37. The van der Waals surface area contributed by atoms with E-state index in [2.05, 4.69) is 54.6 Å². The Morgan fingerprint density at radius 2 is 1.90 bits per heavy atom. The molecule has 21 heavy (non-hydrogen) atoms. The molecule has 1 unspecified atom stereocenters. The van der Waals surface area contributed by atoms with Crippen LogP contribution in [0, 0.1) is 11.8 Å². The molecule has 0 bridgehead atoms. The van der Waals surface area contributed by atoms with Crippen LogP contribution in [0.2, 0.25) is 0 Å². The van der Waals surface area contributed by atoms with Crippen molar-refractivity contribution >= 4 is 10.9 Å². The number of nitrogens with one attached hydrogen (secondary N) is 1. The van der Waals surface area contributed by atoms with Crippen molar-refractivity contribution in [1.29, 1.82) is 0 Å². The third-order valence-corrected chi connectivity index (χ3v) is 5.27. The number of hydrogen-bond donors (Lipinski definition) is 1. The molecule has 1 heterocycles. The Balaban J connectivity index is 1.88. The van der Waals surface area contributed by atoms with Gasteiger partial charge in [-0.25, -0.2) is 0 Å². The normalized spacial score (nSPS) is 24.1. The van der Waals surface area contributed by atoms with Gasteiger partial charge in [0.2, 0.25) is 0 Å². The fraction of sp³-hybridized carbons (Fsp3) is 0.526. The highest BCUT2D eigenvalue weighted by Crippen LogP contribution is 2.39. The molecule has 3 rings (SSSR count). The summed E-state index contributed by atoms with van der Waals surface area (Å²) in [5, 5.41) is 4.89. The van der Waals surface area contributed by atoms with Gasteiger partial charge < -0.3 is 5.32 Å². The molecule has 1 aliphatic carbocycles. The summed E-state index contributed by atoms with van der Waals surface area (Å²) in [4.78, 5) is 4.50. The van der Waals surface area contributed by atoms with E-state index in [1.165, 1.54) is 43.1 Å². The van der Waals surface area contributed by atoms with E-state index in [-0.39, 0.29) is 0 Å². The summed E-state index contributed by atoms with van der Waals surface area (Å²) in [6, 6.07) is 11.2. The minimum absolute atomic E-state index is 0.454. The van der Waals surface area contributed by atoms with Crippen LogP contribution in [-0.2, 0) is 0 Å². The second kappa shape index (κ2) is 6.57. The lowest BCUT2D eigenvalue weighted by Gasteiger charge is -2.34. The van der Waals surface area contributed by atoms with Crippen molar-refractivity contribution in [2.24, 2.45) is 11.8 Å². The zero-order valence-corrected chi connectivity index (χ0v) is 13.2. The van der Waals surface area contributed by atoms with Crippen molar-refractivity contribution in [2.75, 3.05) is 7.05 Å². The van der Waals surface area contributed by atoms with E-state index in [1.807, 2.05) is 6.20 Å². The minimum atomic E-state index is 0.454. The molecule has 112 valence electrons. The summed E-state index contributed by atoms with van der Waals surface area (Å²) in [5.74, 6) is 1.71. The van der Waals surface area contributed by atoms with Crippen LogP contribution < -0.4 is 5.32 Å². The van der Waals surface area contributed by atoms with Crippen LogP contribution in [-0.4, -0.2) is 12.0 Å². The Morgan fingerprint density at radius 1 is 1.14 bits per heavy atom. The Bertz CT molecular complexity index is 580. The summed E-state index contributed by atoms with van der Waals surface area (Å²) in [7, 11) is 2.10. The Hall–Kier alpha value is -1.41. The lowest BCUT2D eigenvalue weighted by molar-refractivity contribution is 0.225. The van der Waals surface area contributed by atoms with E-state index in [0.717, 1.165) is 17.4 Å². The van der Waals surface area contributed by atoms with Gasteiger partial charge in [-0.2, -0.15) is 0 Å². The van der Waals surface area contributed by atoms with Crippen LogP contribution in [0.5, 0.6) is 0 Å². The predicted molar refractivity (Wildman–Crippen MR) is 89.3 cm³/mol. The first-order valence-corrected chi connectivity index (χ1v) is 8.34. The quantitative estimate of drug-likeness (QED) is 0.878. The van der Waals surface area contributed by atoms with Gasteiger partial charge in [0, 0.05) is 17.6 Å². The zero-order valence-electron chi connectivity index (χ0n) is 13.2. The molecule has 1 aliphatic rings. The minimum Gasteiger partial charge on any atom is -0.313 e. The fourth-order valence-electron chi connectivity index (χ4n) is 3.96. The van der Waals surface area contributed by atoms with Gasteiger partial charge in [-0.1, -0.05) is 44.4 Å². The average Bonchev–Trinajstić information content (AvgIpc) is 2.56. The van der Waals surface area contributed by atoms with Crippen LogP contribution >= 0.6 is 0 Å². The van der Waals surface area contributed by atoms with Gasteiger partial charge in [0.25, 0.3) is 0 Å². The van der Waals surface area contributed by atoms with Crippen LogP contribution in [0.4, 0.5) is 0 Å². The van der Waals surface area contributed by atoms with Gasteiger partial charge >= 0.3 is 0 Å². The molecule has 0 aliphatic heterocycles. The smallest absolute Gasteiger partial charge is 0.0705 e. The number of pyridine rings is 1. The summed E-state index contributed by atoms with van der Waals surface area (Å²) < 4.78 is 0. The molecule has 0 amide bonds. The number of fused-ring (bicyclic) bond motifs is 1. The highest BCUT2D eigenvalue weighted by Gasteiger charge is 2.28. The lowest BCUT2D eigenvalue weighted by Crippen LogP contribution is -2.29. The van der Waals surface area contributed by atoms with Crippen LogP contribution in [0.15, 0.2) is 36.5 Å². The number of hydrogen-bond acceptors (Lipinski definition) is 2. The Kier molecular flexibility index (Phi) is 4.54. The Labute approximate surface area is 128 Å². The van der Waals surface area contributed by atoms with Crippen molar-refractivity contribution in [3.63, 3.8) is 0 Å². The molecule has 2 aromatic rings. The molecule has 1 fully saturated rings. The third-order valence-electron chi connectivity index (χ3n) is 5.27. The molecular formula is C19H26N2. The molecule has 0 radical (unpaired) electrons. The van der Waals surface area contributed by atoms with Crippen molar-refractivity contribution < 1.29 is 0 Å². The molecule has 1 N–H and O–H groups in total. The molecule has 1 atom stereocenters. The molecule has 1 aromatic heterocycles. The maximum atomic E-state index is 4.50. The van der Waals surface area contributed by atoms with E-state index in [1.54, 1.807) is 0 Å². The average molecular weight is 282 g/mol. The van der Waals surface area contributed by atoms with E-state index in [0.29, 0.717) is 6.04 Å². The molecule has 0 spiro atoms. The third kappa shape index (κ3) is 2.96. The van der Waals surface area contributed by atoms with Gasteiger partial charge in [0.1, 0.15) is 0 Å². The SMILES string of the molecule is CCC1CCC(C(NC)c2ccnc3ccccc23)CC1. The van der Waals surface area contributed by atoms with Gasteiger partial charge in [0.15, 0.2) is 0 Å². The Morgan fingerprint density at radius 3 is 2.62 bits per heavy atom. The van der Waals surface area contributed by atoms with Crippen LogP contribution in [0.1, 0.15) is 50.6 Å². The van der Waals surface area contributed by atoms with Crippen molar-refractivity contribution in [2.45, 2.75) is 45.1 Å². The van der Waals surface area contributed by atoms with Gasteiger partial charge in [-0.15, -0.1) is 0 Å². The molecule has 1 aromatic carbocycles. The summed E-state index contributed by atoms with van der Waals surface area (Å²) >= 11 is 0. The standard InChI is InChI=1S/C19H26N2/c1-3-14-8-10-15(11-9-14)19(20-2)17-12-13-21-18-7-5-4-6-16(17)18/h4-7,12-15,19-20H,3,8-11H2,1-2H3. The highest BCUT2D eigenvalue weighted by molar-refractivity contribution is 5.82. The molecular weight excluding hydrogens is 256 g/mol. The summed E-state index contributed by atoms with van der Waals surface area (Å²) in [6.45, 7) is 2.33. The number of aromatic nitrogens is 1. The fourth-order valence-corrected chi connectivity index (χ4v) is 3.96. The summed E-state index contributed by atoms with van der Waals surface area (Å²) in [5.41, 5.74) is 2.53. The topological polar surface area (TPSA) is 24.9 Å². The molecule has 0 saturated heterocycles. The van der Waals surface area contributed by atoms with Crippen molar-refractivity contribution in [1.82, 2.24) is 10.3 Å². The monoisotopic (exact) mass is 282 g/mol. The van der Waals surface area contributed by atoms with Crippen molar-refractivity contribution in [3.05, 3.63) is 42.1 Å². The van der Waals surface area contributed by atoms with Crippen LogP contribution in [0.3, 0.4) is 0 Å². The summed E-state index contributed by atoms with van der Waals surface area (Å²) in [6.07, 6.45) is 8.78. The zero-order chi connectivity index (χ0) is 14.7. The predicted octanol–water partition coefficient (Wildman–Crippen LogP) is 4.71. The van der Waals surface area contributed by atoms with Gasteiger partial charge in [-0.3, -0.25) is 4.98 Å². The first-order chi connectivity index (χ1) is 10.3. The first-order valence-electron chi connectivity index (χ1n) is 8.34. The largest absolute Gasteiger partial charge is 0.313 e. The molecule has 2 heteroatoms. The van der Waals surface area contributed by atoms with E-state index >= 15 is 0 Å². The number of rotatable bonds is 4. The van der Waals surface area contributed by atoms with E-state index < -0.39 is 0 Å². The van der Waals surface area contributed by atoms with E-state index in [9.17, 15) is 0 Å². The maximum Gasteiger partial charge on any atom is 0.0705 e. The van der Waals surface area contributed by atoms with E-state index in [4.69, 9.17) is 0 Å². The number of para-hydroxylation sites is 1. The van der Waals surface area contributed by atoms with Crippen LogP contribution in [0.25, 0.3) is 10.9 Å². The molecule has 2 nitrogen and oxygen atoms in total. The van der Waals surface area contributed by atoms with Crippen molar-refractivity contribution in [3.8, 4) is 0 Å². The van der Waals surface area contributed by atoms with Gasteiger partial charge in [0.05, 0.1) is 5.52 Å². The first kappa shape index (κ1) is 14.5. The highest BCUT2D eigenvalue weighted by atomic mass is 14.9. The lowest BCUT2D eigenvalue weighted by atomic mass is 9.75. The number of benzene rings is 1. The maximum absolute atomic E-state index is 4.50. The number of nitrogens with zero attached hydrogens (tertiary/aromatic N) is 1.